The zero-order chi connectivity index (χ0) is 14.6. The molecule has 19 heavy (non-hydrogen) atoms. The zero-order valence-corrected chi connectivity index (χ0v) is 11.7. The summed E-state index contributed by atoms with van der Waals surface area (Å²) in [5.41, 5.74) is -0.102. The zero-order valence-electron chi connectivity index (χ0n) is 11.7. The Morgan fingerprint density at radius 1 is 1.32 bits per heavy atom. The Balaban J connectivity index is 2.59. The third-order valence-corrected chi connectivity index (χ3v) is 2.53. The van der Waals surface area contributed by atoms with Crippen LogP contribution in [0.3, 0.4) is 0 Å². The number of nitrogens with one attached hydrogen (secondary N) is 2. The van der Waals surface area contributed by atoms with E-state index < -0.39 is 17.7 Å². The van der Waals surface area contributed by atoms with Gasteiger partial charge in [0.2, 0.25) is 5.91 Å². The van der Waals surface area contributed by atoms with E-state index in [9.17, 15) is 13.6 Å². The number of carbonyl (C=O) groups is 1. The lowest BCUT2D eigenvalue weighted by atomic mass is 10.1. The van der Waals surface area contributed by atoms with Crippen LogP contribution in [0, 0.1) is 11.6 Å². The smallest absolute Gasteiger partial charge is 0.234 e. The summed E-state index contributed by atoms with van der Waals surface area (Å²) in [6, 6.07) is 3.57. The molecule has 3 nitrogen and oxygen atoms in total. The third kappa shape index (κ3) is 4.95. The van der Waals surface area contributed by atoms with Crippen molar-refractivity contribution < 1.29 is 13.6 Å². The molecule has 2 N–H and O–H groups in total. The largest absolute Gasteiger partial charge is 0.350 e. The fourth-order valence-electron chi connectivity index (χ4n) is 1.67. The first kappa shape index (κ1) is 15.6. The van der Waals surface area contributed by atoms with Gasteiger partial charge in [-0.2, -0.15) is 0 Å². The summed E-state index contributed by atoms with van der Waals surface area (Å²) in [4.78, 5) is 11.6. The van der Waals surface area contributed by atoms with Crippen molar-refractivity contribution >= 4 is 5.91 Å². The molecule has 0 aromatic heterocycles. The van der Waals surface area contributed by atoms with Crippen LogP contribution in [0.1, 0.15) is 39.3 Å². The molecule has 0 saturated carbocycles. The highest BCUT2D eigenvalue weighted by Gasteiger charge is 2.17. The molecule has 1 aromatic rings. The van der Waals surface area contributed by atoms with Gasteiger partial charge in [0.15, 0.2) is 11.6 Å². The normalized spacial score (nSPS) is 13.2. The van der Waals surface area contributed by atoms with E-state index in [1.54, 1.807) is 6.92 Å². The number of hydrogen-bond acceptors (Lipinski definition) is 2. The topological polar surface area (TPSA) is 41.1 Å². The predicted octanol–water partition coefficient (Wildman–Crippen LogP) is 2.53. The first-order chi connectivity index (χ1) is 8.70. The van der Waals surface area contributed by atoms with Gasteiger partial charge in [0.1, 0.15) is 0 Å². The van der Waals surface area contributed by atoms with Crippen molar-refractivity contribution in [2.45, 2.75) is 39.3 Å². The summed E-state index contributed by atoms with van der Waals surface area (Å²) in [7, 11) is 0. The first-order valence-corrected chi connectivity index (χ1v) is 6.19. The summed E-state index contributed by atoms with van der Waals surface area (Å²) in [6.45, 7) is 7.36. The molecule has 0 aliphatic heterocycles. The molecule has 1 aromatic carbocycles. The van der Waals surface area contributed by atoms with E-state index in [1.165, 1.54) is 12.1 Å². The van der Waals surface area contributed by atoms with Gasteiger partial charge in [-0.25, -0.2) is 8.78 Å². The van der Waals surface area contributed by atoms with Crippen LogP contribution in [-0.2, 0) is 4.79 Å². The van der Waals surface area contributed by atoms with Crippen LogP contribution in [-0.4, -0.2) is 18.0 Å². The van der Waals surface area contributed by atoms with E-state index >= 15 is 0 Å². The van der Waals surface area contributed by atoms with Gasteiger partial charge in [0.25, 0.3) is 0 Å². The molecule has 0 saturated heterocycles. The minimum absolute atomic E-state index is 0.0500. The van der Waals surface area contributed by atoms with Crippen molar-refractivity contribution in [1.29, 1.82) is 0 Å². The standard InChI is InChI=1S/C14H20F2N2O/c1-9(10-6-5-7-11(15)13(10)16)17-8-12(19)18-14(2,3)4/h5-7,9,17H,8H2,1-4H3,(H,18,19). The molecule has 0 aliphatic rings. The highest BCUT2D eigenvalue weighted by molar-refractivity contribution is 5.78. The van der Waals surface area contributed by atoms with Gasteiger partial charge >= 0.3 is 0 Å². The Kier molecular flexibility index (Phi) is 5.00. The van der Waals surface area contributed by atoms with E-state index in [0.29, 0.717) is 0 Å². The molecule has 1 unspecified atom stereocenters. The molecule has 0 fully saturated rings. The average molecular weight is 270 g/mol. The lowest BCUT2D eigenvalue weighted by molar-refractivity contribution is -0.121. The Labute approximate surface area is 112 Å². The molecule has 106 valence electrons. The van der Waals surface area contributed by atoms with Crippen LogP contribution in [0.5, 0.6) is 0 Å². The van der Waals surface area contributed by atoms with Crippen LogP contribution in [0.2, 0.25) is 0 Å². The Morgan fingerprint density at radius 3 is 2.53 bits per heavy atom. The summed E-state index contributed by atoms with van der Waals surface area (Å²) >= 11 is 0. The van der Waals surface area contributed by atoms with E-state index in [1.807, 2.05) is 20.8 Å². The van der Waals surface area contributed by atoms with Gasteiger partial charge in [0, 0.05) is 17.1 Å². The fraction of sp³-hybridized carbons (Fsp3) is 0.500. The third-order valence-electron chi connectivity index (χ3n) is 2.53. The van der Waals surface area contributed by atoms with Crippen molar-refractivity contribution in [3.8, 4) is 0 Å². The van der Waals surface area contributed by atoms with Crippen LogP contribution in [0.4, 0.5) is 8.78 Å². The summed E-state index contributed by atoms with van der Waals surface area (Å²) in [5.74, 6) is -1.94. The van der Waals surface area contributed by atoms with Crippen LogP contribution in [0.25, 0.3) is 0 Å². The number of hydrogen-bond donors (Lipinski definition) is 2. The van der Waals surface area contributed by atoms with Crippen LogP contribution < -0.4 is 10.6 Å². The number of halogens is 2. The van der Waals surface area contributed by atoms with Gasteiger partial charge < -0.3 is 10.6 Å². The summed E-state index contributed by atoms with van der Waals surface area (Å²) in [6.07, 6.45) is 0. The second-order valence-electron chi connectivity index (χ2n) is 5.54. The lowest BCUT2D eigenvalue weighted by Gasteiger charge is -2.22. The van der Waals surface area contributed by atoms with Crippen molar-refractivity contribution in [3.05, 3.63) is 35.4 Å². The van der Waals surface area contributed by atoms with Crippen LogP contribution in [0.15, 0.2) is 18.2 Å². The number of rotatable bonds is 4. The first-order valence-electron chi connectivity index (χ1n) is 6.19. The number of amides is 1. The lowest BCUT2D eigenvalue weighted by Crippen LogP contribution is -2.45. The molecule has 0 bridgehead atoms. The maximum Gasteiger partial charge on any atom is 0.234 e. The van der Waals surface area contributed by atoms with E-state index in [0.717, 1.165) is 6.07 Å². The summed E-state index contributed by atoms with van der Waals surface area (Å²) in [5, 5.41) is 5.65. The fourth-order valence-corrected chi connectivity index (χ4v) is 1.67. The molecular weight excluding hydrogens is 250 g/mol. The van der Waals surface area contributed by atoms with Gasteiger partial charge in [-0.05, 0) is 33.8 Å². The Hall–Kier alpha value is -1.49. The predicted molar refractivity (Wildman–Crippen MR) is 70.7 cm³/mol. The minimum atomic E-state index is -0.884. The molecule has 0 aliphatic carbocycles. The minimum Gasteiger partial charge on any atom is -0.350 e. The van der Waals surface area contributed by atoms with Gasteiger partial charge in [-0.3, -0.25) is 4.79 Å². The second kappa shape index (κ2) is 6.10. The maximum absolute atomic E-state index is 13.5. The Bertz CT molecular complexity index is 455. The molecule has 0 heterocycles. The highest BCUT2D eigenvalue weighted by Crippen LogP contribution is 2.18. The molecule has 1 rings (SSSR count). The second-order valence-corrected chi connectivity index (χ2v) is 5.54. The van der Waals surface area contributed by atoms with E-state index in [4.69, 9.17) is 0 Å². The van der Waals surface area contributed by atoms with Gasteiger partial charge in [0.05, 0.1) is 6.54 Å². The van der Waals surface area contributed by atoms with Gasteiger partial charge in [-0.1, -0.05) is 12.1 Å². The molecule has 0 radical (unpaired) electrons. The number of benzene rings is 1. The maximum atomic E-state index is 13.5. The molecular formula is C14H20F2N2O. The molecule has 1 atom stereocenters. The number of carbonyl (C=O) groups excluding carboxylic acids is 1. The van der Waals surface area contributed by atoms with Crippen LogP contribution >= 0.6 is 0 Å². The molecule has 0 spiro atoms. The van der Waals surface area contributed by atoms with E-state index in [2.05, 4.69) is 10.6 Å². The van der Waals surface area contributed by atoms with Crippen molar-refractivity contribution in [1.82, 2.24) is 10.6 Å². The van der Waals surface area contributed by atoms with Crippen molar-refractivity contribution in [2.75, 3.05) is 6.54 Å². The van der Waals surface area contributed by atoms with Gasteiger partial charge in [-0.15, -0.1) is 0 Å². The summed E-state index contributed by atoms with van der Waals surface area (Å²) < 4.78 is 26.6. The highest BCUT2D eigenvalue weighted by atomic mass is 19.2. The van der Waals surface area contributed by atoms with E-state index in [-0.39, 0.29) is 23.6 Å². The SMILES string of the molecule is CC(NCC(=O)NC(C)(C)C)c1cccc(F)c1F. The molecule has 1 amide bonds. The monoisotopic (exact) mass is 270 g/mol. The van der Waals surface area contributed by atoms with Crippen molar-refractivity contribution in [3.63, 3.8) is 0 Å². The average Bonchev–Trinajstić information content (AvgIpc) is 2.27. The quantitative estimate of drug-likeness (QED) is 0.882. The Morgan fingerprint density at radius 2 is 1.95 bits per heavy atom. The van der Waals surface area contributed by atoms with Crippen molar-refractivity contribution in [2.24, 2.45) is 0 Å². The molecule has 5 heteroatoms.